The molecule has 5 heteroatoms. The minimum absolute atomic E-state index is 0.304. The van der Waals surface area contributed by atoms with Crippen LogP contribution in [0.15, 0.2) is 0 Å². The molecule has 0 N–H and O–H groups in total. The number of carbonyl (C=O) groups is 2. The number of cyclic esters (lactones) is 1. The molecule has 0 aromatic rings. The molecular weight excluding hydrogens is 168 g/mol. The van der Waals surface area contributed by atoms with Gasteiger partial charge in [0.15, 0.2) is 0 Å². The number of esters is 1. The smallest absolute Gasteiger partial charge is 0.370 e. The molecule has 0 bridgehead atoms. The normalized spacial score (nSPS) is 23.0. The van der Waals surface area contributed by atoms with E-state index in [0.29, 0.717) is 12.2 Å². The summed E-state index contributed by atoms with van der Waals surface area (Å²) < 4.78 is 9.34. The highest BCUT2D eigenvalue weighted by Crippen LogP contribution is 2.20. The van der Waals surface area contributed by atoms with Crippen LogP contribution in [0.4, 0.5) is 4.79 Å². The maximum Gasteiger partial charge on any atom is 0.370 e. The van der Waals surface area contributed by atoms with Crippen LogP contribution in [0.2, 0.25) is 0 Å². The molecule has 0 spiro atoms. The van der Waals surface area contributed by atoms with Gasteiger partial charge in [-0.15, -0.1) is 0 Å². The van der Waals surface area contributed by atoms with Gasteiger partial charge >= 0.3 is 11.3 Å². The molecule has 4 nitrogen and oxygen atoms in total. The third-order valence-corrected chi connectivity index (χ3v) is 1.89. The molecule has 1 unspecified atom stereocenters. The van der Waals surface area contributed by atoms with E-state index in [9.17, 15) is 9.59 Å². The van der Waals surface area contributed by atoms with Crippen LogP contribution in [0, 0.1) is 0 Å². The van der Waals surface area contributed by atoms with Gasteiger partial charge in [0.05, 0.1) is 5.75 Å². The molecule has 0 amide bonds. The van der Waals surface area contributed by atoms with Crippen molar-refractivity contribution in [2.75, 3.05) is 5.75 Å². The van der Waals surface area contributed by atoms with Crippen molar-refractivity contribution in [1.82, 2.24) is 0 Å². The maximum absolute atomic E-state index is 10.7. The van der Waals surface area contributed by atoms with Gasteiger partial charge in [0.2, 0.25) is 0 Å². The Bertz CT molecular complexity index is 179. The molecule has 1 rings (SSSR count). The molecule has 0 radical (unpaired) electrons. The van der Waals surface area contributed by atoms with Gasteiger partial charge < -0.3 is 9.47 Å². The third kappa shape index (κ3) is 2.42. The summed E-state index contributed by atoms with van der Waals surface area (Å²) in [5.74, 6) is 0.0650. The summed E-state index contributed by atoms with van der Waals surface area (Å²) in [5, 5.41) is -0.376. The van der Waals surface area contributed by atoms with Gasteiger partial charge in [-0.05, 0) is 11.8 Å². The second-order valence-electron chi connectivity index (χ2n) is 1.95. The molecule has 1 fully saturated rings. The first-order valence-corrected chi connectivity index (χ1v) is 4.24. The monoisotopic (exact) mass is 176 g/mol. The van der Waals surface area contributed by atoms with Crippen LogP contribution in [-0.2, 0) is 14.3 Å². The molecule has 1 saturated heterocycles. The molecule has 1 aliphatic heterocycles. The fourth-order valence-corrected chi connectivity index (χ4v) is 1.18. The van der Waals surface area contributed by atoms with E-state index >= 15 is 0 Å². The van der Waals surface area contributed by atoms with Gasteiger partial charge in [-0.2, -0.15) is 0 Å². The van der Waals surface area contributed by atoms with E-state index in [1.165, 1.54) is 0 Å². The summed E-state index contributed by atoms with van der Waals surface area (Å²) in [4.78, 5) is 21.1. The first-order valence-electron chi connectivity index (χ1n) is 3.25. The number of carbonyl (C=O) groups excluding carboxylic acids is 2. The topological polar surface area (TPSA) is 52.6 Å². The third-order valence-electron chi connectivity index (χ3n) is 1.12. The van der Waals surface area contributed by atoms with Crippen molar-refractivity contribution in [3.8, 4) is 0 Å². The van der Waals surface area contributed by atoms with Crippen molar-refractivity contribution in [3.63, 3.8) is 0 Å². The van der Waals surface area contributed by atoms with Crippen LogP contribution < -0.4 is 0 Å². The molecule has 0 saturated carbocycles. The fourth-order valence-electron chi connectivity index (χ4n) is 0.599. The van der Waals surface area contributed by atoms with Gasteiger partial charge in [0.25, 0.3) is 6.29 Å². The summed E-state index contributed by atoms with van der Waals surface area (Å²) in [6.45, 7) is 1.69. The van der Waals surface area contributed by atoms with Gasteiger partial charge in [-0.25, -0.2) is 4.79 Å². The Balaban J connectivity index is 2.28. The maximum atomic E-state index is 10.7. The van der Waals surface area contributed by atoms with Crippen molar-refractivity contribution >= 4 is 23.0 Å². The van der Waals surface area contributed by atoms with Crippen LogP contribution in [-0.4, -0.2) is 23.3 Å². The lowest BCUT2D eigenvalue weighted by atomic mass is 10.5. The van der Waals surface area contributed by atoms with Crippen LogP contribution in [0.1, 0.15) is 13.3 Å². The minimum Gasteiger partial charge on any atom is -0.424 e. The number of hydrogen-bond donors (Lipinski definition) is 0. The van der Waals surface area contributed by atoms with Crippen LogP contribution in [0.25, 0.3) is 0 Å². The molecule has 62 valence electrons. The average molecular weight is 176 g/mol. The van der Waals surface area contributed by atoms with E-state index in [1.807, 2.05) is 0 Å². The summed E-state index contributed by atoms with van der Waals surface area (Å²) >= 11 is 1.02. The Labute approximate surface area is 68.2 Å². The fraction of sp³-hybridized carbons (Fsp3) is 0.667. The zero-order chi connectivity index (χ0) is 8.27. The lowest BCUT2D eigenvalue weighted by Crippen LogP contribution is -2.18. The first-order chi connectivity index (χ1) is 5.22. The Morgan fingerprint density at radius 2 is 2.64 bits per heavy atom. The molecule has 11 heavy (non-hydrogen) atoms. The summed E-state index contributed by atoms with van der Waals surface area (Å²) in [6.07, 6.45) is -0.362. The Kier molecular flexibility index (Phi) is 2.76. The van der Waals surface area contributed by atoms with Crippen LogP contribution >= 0.6 is 11.8 Å². The van der Waals surface area contributed by atoms with E-state index in [-0.39, 0.29) is 11.3 Å². The van der Waals surface area contributed by atoms with E-state index in [0.717, 1.165) is 11.8 Å². The average Bonchev–Trinajstić information content (AvgIpc) is 2.35. The molecule has 0 aliphatic carbocycles. The molecular formula is C6H8O4S. The van der Waals surface area contributed by atoms with Gasteiger partial charge in [-0.1, -0.05) is 6.92 Å². The van der Waals surface area contributed by atoms with E-state index < -0.39 is 6.29 Å². The van der Waals surface area contributed by atoms with Gasteiger partial charge in [0, 0.05) is 6.42 Å². The highest BCUT2D eigenvalue weighted by Gasteiger charge is 2.26. The van der Waals surface area contributed by atoms with E-state index in [2.05, 4.69) is 4.74 Å². The van der Waals surface area contributed by atoms with Crippen LogP contribution in [0.3, 0.4) is 0 Å². The van der Waals surface area contributed by atoms with Crippen molar-refractivity contribution in [2.24, 2.45) is 0 Å². The second kappa shape index (κ2) is 3.61. The lowest BCUT2D eigenvalue weighted by Gasteiger charge is -2.07. The van der Waals surface area contributed by atoms with E-state index in [4.69, 9.17) is 4.74 Å². The van der Waals surface area contributed by atoms with Crippen molar-refractivity contribution in [2.45, 2.75) is 19.6 Å². The van der Waals surface area contributed by atoms with E-state index in [1.54, 1.807) is 6.92 Å². The Hall–Kier alpha value is -0.710. The largest absolute Gasteiger partial charge is 0.424 e. The number of rotatable bonds is 2. The molecule has 1 aliphatic rings. The second-order valence-corrected chi connectivity index (χ2v) is 2.91. The standard InChI is InChI=1S/C6H8O4S/c1-2-4(7)9-5-3-11-6(8)10-5/h5H,2-3H2,1H3. The predicted octanol–water partition coefficient (Wildman–Crippen LogP) is 1.15. The van der Waals surface area contributed by atoms with Crippen molar-refractivity contribution in [3.05, 3.63) is 0 Å². The minimum atomic E-state index is -0.667. The molecule has 0 aromatic carbocycles. The summed E-state index contributed by atoms with van der Waals surface area (Å²) in [6, 6.07) is 0. The number of hydrogen-bond acceptors (Lipinski definition) is 5. The first kappa shape index (κ1) is 8.39. The highest BCUT2D eigenvalue weighted by molar-refractivity contribution is 8.13. The molecule has 1 heterocycles. The quantitative estimate of drug-likeness (QED) is 0.591. The predicted molar refractivity (Wildman–Crippen MR) is 39.1 cm³/mol. The number of thioether (sulfide) groups is 1. The molecule has 1 atom stereocenters. The summed E-state index contributed by atoms with van der Waals surface area (Å²) in [7, 11) is 0. The lowest BCUT2D eigenvalue weighted by molar-refractivity contribution is -0.161. The summed E-state index contributed by atoms with van der Waals surface area (Å²) in [5.41, 5.74) is 0. The molecule has 0 aromatic heterocycles. The van der Waals surface area contributed by atoms with Crippen molar-refractivity contribution in [1.29, 1.82) is 0 Å². The zero-order valence-corrected chi connectivity index (χ0v) is 6.85. The zero-order valence-electron chi connectivity index (χ0n) is 6.03. The SMILES string of the molecule is CCC(=O)OC1CSC(=O)O1. The Morgan fingerprint density at radius 1 is 1.91 bits per heavy atom. The van der Waals surface area contributed by atoms with Crippen molar-refractivity contribution < 1.29 is 19.1 Å². The van der Waals surface area contributed by atoms with Gasteiger partial charge in [0.1, 0.15) is 0 Å². The van der Waals surface area contributed by atoms with Gasteiger partial charge in [-0.3, -0.25) is 4.79 Å². The highest BCUT2D eigenvalue weighted by atomic mass is 32.2. The Morgan fingerprint density at radius 3 is 3.09 bits per heavy atom. The van der Waals surface area contributed by atoms with Crippen LogP contribution in [0.5, 0.6) is 0 Å². The number of ether oxygens (including phenoxy) is 2.